The summed E-state index contributed by atoms with van der Waals surface area (Å²) in [4.78, 5) is 0. The minimum absolute atomic E-state index is 0.524. The molecule has 0 spiro atoms. The maximum absolute atomic E-state index is 5.81. The summed E-state index contributed by atoms with van der Waals surface area (Å²) in [5, 5.41) is 0.763. The Labute approximate surface area is 109 Å². The van der Waals surface area contributed by atoms with Gasteiger partial charge in [-0.3, -0.25) is 0 Å². The Balaban J connectivity index is 2.32. The molecular formula is C13H19ClOS. The highest BCUT2D eigenvalue weighted by Gasteiger charge is 2.11. The van der Waals surface area contributed by atoms with Gasteiger partial charge in [0, 0.05) is 5.02 Å². The minimum atomic E-state index is 0.524. The zero-order chi connectivity index (χ0) is 12.0. The number of thiol groups is 1. The zero-order valence-electron chi connectivity index (χ0n) is 9.82. The SMILES string of the molecule is CC(C)C(CS)COCc1ccc(Cl)cc1. The molecule has 1 atom stereocenters. The molecular weight excluding hydrogens is 240 g/mol. The molecule has 0 aromatic heterocycles. The third-order valence-corrected chi connectivity index (χ3v) is 3.41. The standard InChI is InChI=1S/C13H19ClOS/c1-10(2)12(9-16)8-15-7-11-3-5-13(14)6-4-11/h3-6,10,12,16H,7-9H2,1-2H3. The highest BCUT2D eigenvalue weighted by molar-refractivity contribution is 7.80. The van der Waals surface area contributed by atoms with Gasteiger partial charge in [0.15, 0.2) is 0 Å². The molecule has 0 fully saturated rings. The molecule has 0 amide bonds. The molecule has 90 valence electrons. The van der Waals surface area contributed by atoms with Crippen molar-refractivity contribution in [3.8, 4) is 0 Å². The monoisotopic (exact) mass is 258 g/mol. The first kappa shape index (κ1) is 13.9. The molecule has 0 N–H and O–H groups in total. The van der Waals surface area contributed by atoms with Gasteiger partial charge in [0.2, 0.25) is 0 Å². The molecule has 16 heavy (non-hydrogen) atoms. The van der Waals surface area contributed by atoms with E-state index in [1.54, 1.807) is 0 Å². The van der Waals surface area contributed by atoms with Crippen LogP contribution in [0.3, 0.4) is 0 Å². The zero-order valence-corrected chi connectivity index (χ0v) is 11.5. The van der Waals surface area contributed by atoms with Gasteiger partial charge < -0.3 is 4.74 Å². The maximum Gasteiger partial charge on any atom is 0.0717 e. The van der Waals surface area contributed by atoms with Gasteiger partial charge in [0.1, 0.15) is 0 Å². The lowest BCUT2D eigenvalue weighted by atomic mass is 9.99. The van der Waals surface area contributed by atoms with Crippen LogP contribution in [-0.4, -0.2) is 12.4 Å². The molecule has 1 unspecified atom stereocenters. The molecule has 0 aliphatic rings. The van der Waals surface area contributed by atoms with Crippen molar-refractivity contribution in [3.05, 3.63) is 34.9 Å². The lowest BCUT2D eigenvalue weighted by Crippen LogP contribution is -2.17. The molecule has 0 radical (unpaired) electrons. The largest absolute Gasteiger partial charge is 0.376 e. The quantitative estimate of drug-likeness (QED) is 0.757. The van der Waals surface area contributed by atoms with Crippen molar-refractivity contribution in [1.82, 2.24) is 0 Å². The van der Waals surface area contributed by atoms with E-state index in [-0.39, 0.29) is 0 Å². The Morgan fingerprint density at radius 3 is 2.38 bits per heavy atom. The molecule has 0 heterocycles. The fourth-order valence-corrected chi connectivity index (χ4v) is 2.02. The fraction of sp³-hybridized carbons (Fsp3) is 0.538. The normalized spacial score (nSPS) is 13.1. The maximum atomic E-state index is 5.81. The van der Waals surface area contributed by atoms with Gasteiger partial charge in [-0.25, -0.2) is 0 Å². The molecule has 3 heteroatoms. The lowest BCUT2D eigenvalue weighted by Gasteiger charge is -2.18. The number of hydrogen-bond acceptors (Lipinski definition) is 2. The number of halogens is 1. The van der Waals surface area contributed by atoms with Gasteiger partial charge in [-0.2, -0.15) is 12.6 Å². The van der Waals surface area contributed by atoms with Gasteiger partial charge in [0.25, 0.3) is 0 Å². The third-order valence-electron chi connectivity index (χ3n) is 2.69. The first-order valence-corrected chi connectivity index (χ1v) is 6.57. The van der Waals surface area contributed by atoms with Crippen molar-refractivity contribution in [2.75, 3.05) is 12.4 Å². The fourth-order valence-electron chi connectivity index (χ4n) is 1.36. The molecule has 1 aromatic rings. The number of rotatable bonds is 6. The Morgan fingerprint density at radius 1 is 1.25 bits per heavy atom. The van der Waals surface area contributed by atoms with E-state index in [1.165, 1.54) is 0 Å². The Kier molecular flexibility index (Phi) is 6.25. The van der Waals surface area contributed by atoms with E-state index in [0.29, 0.717) is 18.4 Å². The Morgan fingerprint density at radius 2 is 1.88 bits per heavy atom. The van der Waals surface area contributed by atoms with Gasteiger partial charge in [-0.1, -0.05) is 37.6 Å². The minimum Gasteiger partial charge on any atom is -0.376 e. The first-order chi connectivity index (χ1) is 7.63. The van der Waals surface area contributed by atoms with Crippen molar-refractivity contribution in [1.29, 1.82) is 0 Å². The summed E-state index contributed by atoms with van der Waals surface area (Å²) in [7, 11) is 0. The van der Waals surface area contributed by atoms with Crippen LogP contribution in [0.1, 0.15) is 19.4 Å². The van der Waals surface area contributed by atoms with Gasteiger partial charge in [-0.05, 0) is 35.3 Å². The number of benzene rings is 1. The molecule has 0 bridgehead atoms. The van der Waals surface area contributed by atoms with E-state index in [1.807, 2.05) is 24.3 Å². The van der Waals surface area contributed by atoms with E-state index in [9.17, 15) is 0 Å². The first-order valence-electron chi connectivity index (χ1n) is 5.56. The average Bonchev–Trinajstić information content (AvgIpc) is 2.26. The summed E-state index contributed by atoms with van der Waals surface area (Å²) >= 11 is 10.1. The van der Waals surface area contributed by atoms with Crippen LogP contribution in [0.25, 0.3) is 0 Å². The van der Waals surface area contributed by atoms with Crippen LogP contribution >= 0.6 is 24.2 Å². The number of ether oxygens (including phenoxy) is 1. The van der Waals surface area contributed by atoms with Crippen molar-refractivity contribution < 1.29 is 4.74 Å². The van der Waals surface area contributed by atoms with Crippen LogP contribution in [0.4, 0.5) is 0 Å². The van der Waals surface area contributed by atoms with E-state index in [0.717, 1.165) is 22.9 Å². The second kappa shape index (κ2) is 7.21. The average molecular weight is 259 g/mol. The van der Waals surface area contributed by atoms with Crippen molar-refractivity contribution in [2.24, 2.45) is 11.8 Å². The molecule has 0 aliphatic heterocycles. The van der Waals surface area contributed by atoms with E-state index >= 15 is 0 Å². The van der Waals surface area contributed by atoms with Gasteiger partial charge >= 0.3 is 0 Å². The summed E-state index contributed by atoms with van der Waals surface area (Å²) in [6.45, 7) is 5.82. The second-order valence-electron chi connectivity index (χ2n) is 4.33. The molecule has 0 aliphatic carbocycles. The van der Waals surface area contributed by atoms with E-state index < -0.39 is 0 Å². The van der Waals surface area contributed by atoms with Crippen molar-refractivity contribution in [2.45, 2.75) is 20.5 Å². The molecule has 1 rings (SSSR count). The van der Waals surface area contributed by atoms with Crippen molar-refractivity contribution in [3.63, 3.8) is 0 Å². The molecule has 0 saturated carbocycles. The van der Waals surface area contributed by atoms with Gasteiger partial charge in [0.05, 0.1) is 13.2 Å². The van der Waals surface area contributed by atoms with Crippen LogP contribution < -0.4 is 0 Å². The predicted octanol–water partition coefficient (Wildman–Crippen LogP) is 4.06. The van der Waals surface area contributed by atoms with Crippen LogP contribution in [-0.2, 0) is 11.3 Å². The predicted molar refractivity (Wildman–Crippen MR) is 73.3 cm³/mol. The van der Waals surface area contributed by atoms with Crippen LogP contribution in [0.2, 0.25) is 5.02 Å². The smallest absolute Gasteiger partial charge is 0.0717 e. The highest BCUT2D eigenvalue weighted by atomic mass is 35.5. The van der Waals surface area contributed by atoms with E-state index in [4.69, 9.17) is 16.3 Å². The summed E-state index contributed by atoms with van der Waals surface area (Å²) in [5.74, 6) is 2.01. The molecule has 0 saturated heterocycles. The van der Waals surface area contributed by atoms with E-state index in [2.05, 4.69) is 26.5 Å². The summed E-state index contributed by atoms with van der Waals surface area (Å²) in [6.07, 6.45) is 0. The topological polar surface area (TPSA) is 9.23 Å². The van der Waals surface area contributed by atoms with Crippen LogP contribution in [0.5, 0.6) is 0 Å². The molecule has 1 nitrogen and oxygen atoms in total. The van der Waals surface area contributed by atoms with Gasteiger partial charge in [-0.15, -0.1) is 0 Å². The molecule has 1 aromatic carbocycles. The van der Waals surface area contributed by atoms with Crippen molar-refractivity contribution >= 4 is 24.2 Å². The van der Waals surface area contributed by atoms with Crippen LogP contribution in [0, 0.1) is 11.8 Å². The summed E-state index contributed by atoms with van der Waals surface area (Å²) < 4.78 is 5.68. The third kappa shape index (κ3) is 4.77. The summed E-state index contributed by atoms with van der Waals surface area (Å²) in [6, 6.07) is 7.76. The lowest BCUT2D eigenvalue weighted by molar-refractivity contribution is 0.0798. The van der Waals surface area contributed by atoms with Crippen LogP contribution in [0.15, 0.2) is 24.3 Å². The summed E-state index contributed by atoms with van der Waals surface area (Å²) in [5.41, 5.74) is 1.16. The second-order valence-corrected chi connectivity index (χ2v) is 5.13. The Bertz CT molecular complexity index is 297. The highest BCUT2D eigenvalue weighted by Crippen LogP contribution is 2.15. The number of hydrogen-bond donors (Lipinski definition) is 1. The Hall–Kier alpha value is -0.180.